The van der Waals surface area contributed by atoms with Crippen molar-refractivity contribution in [2.45, 2.75) is 0 Å². The molecule has 3 aromatic heterocycles. The summed E-state index contributed by atoms with van der Waals surface area (Å²) in [5.74, 6) is 2.13. The molecule has 3 heterocycles. The molecule has 0 spiro atoms. The highest BCUT2D eigenvalue weighted by atomic mass is 31.0. The van der Waals surface area contributed by atoms with Crippen LogP contribution in [-0.2, 0) is 0 Å². The Morgan fingerprint density at radius 1 is 0.625 bits per heavy atom. The molecular formula is C21H15N2P. The van der Waals surface area contributed by atoms with Gasteiger partial charge in [0.15, 0.2) is 0 Å². The van der Waals surface area contributed by atoms with E-state index in [1.54, 1.807) is 0 Å². The molecule has 0 radical (unpaired) electrons. The molecule has 0 saturated heterocycles. The molecule has 4 aromatic rings. The van der Waals surface area contributed by atoms with Gasteiger partial charge in [0, 0.05) is 22.6 Å². The van der Waals surface area contributed by atoms with Gasteiger partial charge in [0.05, 0.1) is 17.1 Å². The molecule has 0 atom stereocenters. The molecule has 2 nitrogen and oxygen atoms in total. The second kappa shape index (κ2) is 6.74. The first-order valence-corrected chi connectivity index (χ1v) is 8.77. The molecule has 0 bridgehead atoms. The summed E-state index contributed by atoms with van der Waals surface area (Å²) in [6.07, 6.45) is 1.82. The van der Waals surface area contributed by atoms with E-state index in [1.165, 1.54) is 13.5 Å². The van der Waals surface area contributed by atoms with Gasteiger partial charge in [-0.25, -0.2) is 4.98 Å². The molecular weight excluding hydrogens is 311 g/mol. The van der Waals surface area contributed by atoms with Gasteiger partial charge >= 0.3 is 0 Å². The van der Waals surface area contributed by atoms with Gasteiger partial charge < -0.3 is 0 Å². The van der Waals surface area contributed by atoms with Crippen LogP contribution in [0.15, 0.2) is 90.9 Å². The van der Waals surface area contributed by atoms with Gasteiger partial charge in [-0.1, -0.05) is 50.7 Å². The quantitative estimate of drug-likeness (QED) is 0.457. The van der Waals surface area contributed by atoms with Gasteiger partial charge in [0.2, 0.25) is 0 Å². The van der Waals surface area contributed by atoms with E-state index in [2.05, 4.69) is 71.4 Å². The first kappa shape index (κ1) is 14.7. The molecule has 0 unspecified atom stereocenters. The topological polar surface area (TPSA) is 25.8 Å². The number of benzene rings is 1. The molecule has 0 amide bonds. The summed E-state index contributed by atoms with van der Waals surface area (Å²) in [6, 6.07) is 26.8. The summed E-state index contributed by atoms with van der Waals surface area (Å²) < 4.78 is 0. The minimum Gasteiger partial charge on any atom is -0.256 e. The van der Waals surface area contributed by atoms with Gasteiger partial charge in [-0.2, -0.15) is 0 Å². The van der Waals surface area contributed by atoms with Crippen molar-refractivity contribution in [2.24, 2.45) is 0 Å². The lowest BCUT2D eigenvalue weighted by Gasteiger charge is -2.07. The van der Waals surface area contributed by atoms with Crippen molar-refractivity contribution in [3.8, 4) is 33.5 Å². The second-order valence-electron chi connectivity index (χ2n) is 5.42. The summed E-state index contributed by atoms with van der Waals surface area (Å²) in [6.45, 7) is 0. The number of pyridine rings is 2. The summed E-state index contributed by atoms with van der Waals surface area (Å²) in [5.41, 5.74) is 5.19. The highest BCUT2D eigenvalue weighted by molar-refractivity contribution is 7.33. The van der Waals surface area contributed by atoms with E-state index in [0.29, 0.717) is 0 Å². The fourth-order valence-corrected chi connectivity index (χ4v) is 3.40. The fourth-order valence-electron chi connectivity index (χ4n) is 2.62. The number of nitrogens with zero attached hydrogens (tertiary/aromatic N) is 2. The van der Waals surface area contributed by atoms with Crippen LogP contribution in [0.3, 0.4) is 0 Å². The molecule has 0 aliphatic rings. The largest absolute Gasteiger partial charge is 0.256 e. The lowest BCUT2D eigenvalue weighted by atomic mass is 10.0. The lowest BCUT2D eigenvalue weighted by Crippen LogP contribution is -1.88. The maximum absolute atomic E-state index is 4.85. The average molecular weight is 326 g/mol. The van der Waals surface area contributed by atoms with Crippen LogP contribution in [-0.4, -0.2) is 9.97 Å². The second-order valence-corrected chi connectivity index (χ2v) is 6.46. The van der Waals surface area contributed by atoms with Gasteiger partial charge in [-0.3, -0.25) is 4.98 Å². The minimum atomic E-state index is 0.976. The van der Waals surface area contributed by atoms with E-state index < -0.39 is 0 Å². The van der Waals surface area contributed by atoms with Gasteiger partial charge in [0.1, 0.15) is 0 Å². The molecule has 3 heteroatoms. The van der Waals surface area contributed by atoms with E-state index in [1.807, 2.05) is 24.4 Å². The molecule has 0 N–H and O–H groups in total. The SMILES string of the molecule is c1ccc(-c2cccc(-c3cccc(-c4ccccp4)n3)c2)nc1. The summed E-state index contributed by atoms with van der Waals surface area (Å²) in [4.78, 5) is 9.28. The zero-order chi connectivity index (χ0) is 16.2. The smallest absolute Gasteiger partial charge is 0.0755 e. The minimum absolute atomic E-state index is 0.976. The maximum Gasteiger partial charge on any atom is 0.0755 e. The van der Waals surface area contributed by atoms with Gasteiger partial charge in [-0.15, -0.1) is 0 Å². The van der Waals surface area contributed by atoms with E-state index in [0.717, 1.165) is 28.2 Å². The lowest BCUT2D eigenvalue weighted by molar-refractivity contribution is 1.31. The van der Waals surface area contributed by atoms with E-state index >= 15 is 0 Å². The number of hydrogen-bond acceptors (Lipinski definition) is 2. The maximum atomic E-state index is 4.85. The highest BCUT2D eigenvalue weighted by Gasteiger charge is 2.05. The Labute approximate surface area is 143 Å². The number of rotatable bonds is 3. The van der Waals surface area contributed by atoms with Crippen molar-refractivity contribution < 1.29 is 0 Å². The van der Waals surface area contributed by atoms with Gasteiger partial charge in [-0.05, 0) is 42.2 Å². The first-order chi connectivity index (χ1) is 11.9. The molecule has 0 aliphatic carbocycles. The third kappa shape index (κ3) is 3.10. The Hall–Kier alpha value is -2.83. The molecule has 0 saturated carbocycles. The van der Waals surface area contributed by atoms with E-state index in [9.17, 15) is 0 Å². The molecule has 114 valence electrons. The van der Waals surface area contributed by atoms with E-state index in [4.69, 9.17) is 4.98 Å². The zero-order valence-electron chi connectivity index (χ0n) is 13.0. The normalized spacial score (nSPS) is 10.8. The number of aromatic nitrogens is 2. The molecule has 24 heavy (non-hydrogen) atoms. The summed E-state index contributed by atoms with van der Waals surface area (Å²) >= 11 is 0. The Morgan fingerprint density at radius 3 is 2.17 bits per heavy atom. The van der Waals surface area contributed by atoms with Crippen LogP contribution in [0.4, 0.5) is 0 Å². The van der Waals surface area contributed by atoms with Crippen LogP contribution in [0.5, 0.6) is 0 Å². The summed E-state index contributed by atoms with van der Waals surface area (Å²) in [7, 11) is 1.19. The standard InChI is InChI=1S/C21H15N2P/c1-3-13-22-18(9-1)16-7-5-8-17(15-16)19-10-6-11-20(23-19)21-12-2-4-14-24-21/h1-15H. The van der Waals surface area contributed by atoms with Crippen molar-refractivity contribution in [1.29, 1.82) is 0 Å². The van der Waals surface area contributed by atoms with Crippen LogP contribution < -0.4 is 0 Å². The molecule has 0 fully saturated rings. The predicted molar refractivity (Wildman–Crippen MR) is 101 cm³/mol. The van der Waals surface area contributed by atoms with Crippen LogP contribution in [0, 0.1) is 0 Å². The van der Waals surface area contributed by atoms with Crippen molar-refractivity contribution in [2.75, 3.05) is 0 Å². The van der Waals surface area contributed by atoms with Crippen LogP contribution >= 0.6 is 8.19 Å². The molecule has 0 aliphatic heterocycles. The number of hydrogen-bond donors (Lipinski definition) is 0. The Kier molecular flexibility index (Phi) is 4.14. The van der Waals surface area contributed by atoms with Gasteiger partial charge in [0.25, 0.3) is 0 Å². The molecule has 1 aromatic carbocycles. The zero-order valence-corrected chi connectivity index (χ0v) is 13.9. The van der Waals surface area contributed by atoms with Crippen molar-refractivity contribution in [3.05, 3.63) is 90.9 Å². The Morgan fingerprint density at radius 2 is 1.38 bits per heavy atom. The first-order valence-electron chi connectivity index (χ1n) is 7.80. The highest BCUT2D eigenvalue weighted by Crippen LogP contribution is 2.29. The Bertz CT molecular complexity index is 872. The van der Waals surface area contributed by atoms with E-state index in [-0.39, 0.29) is 0 Å². The summed E-state index contributed by atoms with van der Waals surface area (Å²) in [5, 5.41) is 1.22. The molecule has 4 rings (SSSR count). The predicted octanol–water partition coefficient (Wildman–Crippen LogP) is 6.06. The third-order valence-corrected chi connectivity index (χ3v) is 4.77. The van der Waals surface area contributed by atoms with Crippen molar-refractivity contribution in [3.63, 3.8) is 0 Å². The van der Waals surface area contributed by atoms with Crippen molar-refractivity contribution >= 4 is 8.19 Å². The monoisotopic (exact) mass is 326 g/mol. The van der Waals surface area contributed by atoms with Crippen LogP contribution in [0.2, 0.25) is 0 Å². The fraction of sp³-hybridized carbons (Fsp3) is 0. The third-order valence-electron chi connectivity index (χ3n) is 3.80. The Balaban J connectivity index is 1.75. The van der Waals surface area contributed by atoms with Crippen LogP contribution in [0.1, 0.15) is 0 Å². The average Bonchev–Trinajstić information content (AvgIpc) is 2.70. The van der Waals surface area contributed by atoms with Crippen molar-refractivity contribution in [1.82, 2.24) is 9.97 Å². The van der Waals surface area contributed by atoms with Crippen LogP contribution in [0.25, 0.3) is 33.5 Å².